The predicted molar refractivity (Wildman–Crippen MR) is 152 cm³/mol. The molecule has 0 radical (unpaired) electrons. The zero-order valence-electron chi connectivity index (χ0n) is 22.0. The largest absolute Gasteiger partial charge is 0.507 e. The van der Waals surface area contributed by atoms with E-state index in [4.69, 9.17) is 4.98 Å². The van der Waals surface area contributed by atoms with Crippen LogP contribution in [0.5, 0.6) is 5.75 Å². The number of rotatable bonds is 3. The topological polar surface area (TPSA) is 46.0 Å². The molecule has 5 aromatic rings. The van der Waals surface area contributed by atoms with Gasteiger partial charge in [-0.05, 0) is 46.2 Å². The number of phenols is 1. The summed E-state index contributed by atoms with van der Waals surface area (Å²) >= 11 is 1.61. The number of hydrogen-bond acceptors (Lipinski definition) is 4. The summed E-state index contributed by atoms with van der Waals surface area (Å²) in [4.78, 5) is 9.67. The molecule has 3 nitrogen and oxygen atoms in total. The Hall–Kier alpha value is -2.81. The van der Waals surface area contributed by atoms with Crippen molar-refractivity contribution < 1.29 is 26.2 Å². The van der Waals surface area contributed by atoms with Gasteiger partial charge in [-0.15, -0.1) is 41.2 Å². The fourth-order valence-corrected chi connectivity index (χ4v) is 5.32. The second kappa shape index (κ2) is 10.2. The first-order valence-electron chi connectivity index (χ1n) is 12.2. The Kier molecular flexibility index (Phi) is 7.47. The van der Waals surface area contributed by atoms with E-state index in [1.54, 1.807) is 17.4 Å². The molecule has 0 unspecified atom stereocenters. The average molecular weight is 687 g/mol. The van der Waals surface area contributed by atoms with Crippen LogP contribution in [0.4, 0.5) is 0 Å². The number of phenolic OH excluding ortho intramolecular Hbond substituents is 1. The van der Waals surface area contributed by atoms with Gasteiger partial charge >= 0.3 is 0 Å². The van der Waals surface area contributed by atoms with Crippen molar-refractivity contribution in [3.8, 4) is 38.7 Å². The quantitative estimate of drug-likeness (QED) is 0.193. The summed E-state index contributed by atoms with van der Waals surface area (Å²) < 4.78 is 1.10. The van der Waals surface area contributed by atoms with Gasteiger partial charge < -0.3 is 5.11 Å². The van der Waals surface area contributed by atoms with E-state index in [2.05, 4.69) is 95.1 Å². The first-order chi connectivity index (χ1) is 17.0. The van der Waals surface area contributed by atoms with E-state index >= 15 is 0 Å². The van der Waals surface area contributed by atoms with Crippen molar-refractivity contribution in [1.29, 1.82) is 0 Å². The van der Waals surface area contributed by atoms with E-state index in [1.165, 1.54) is 11.1 Å². The molecule has 0 aliphatic heterocycles. The van der Waals surface area contributed by atoms with Crippen molar-refractivity contribution in [1.82, 2.24) is 9.97 Å². The Balaban J connectivity index is 0.00000320. The third-order valence-electron chi connectivity index (χ3n) is 6.48. The van der Waals surface area contributed by atoms with Crippen molar-refractivity contribution in [2.45, 2.75) is 52.4 Å². The number of aromatic nitrogens is 2. The molecule has 0 saturated carbocycles. The SMILES string of the molecule is CC(C)(C)c1ccnc(-c2[c-]c(-c3cc(C(C)(C)C)cc4sc(-c5ccccc5O)nc34)ccc2)c1.[Pt]. The fraction of sp³-hybridized carbons (Fsp3) is 0.250. The maximum atomic E-state index is 10.5. The molecule has 2 heterocycles. The van der Waals surface area contributed by atoms with E-state index in [-0.39, 0.29) is 37.6 Å². The Morgan fingerprint density at radius 1 is 0.757 bits per heavy atom. The maximum absolute atomic E-state index is 10.5. The zero-order chi connectivity index (χ0) is 25.7. The summed E-state index contributed by atoms with van der Waals surface area (Å²) in [5, 5.41) is 11.3. The molecule has 0 amide bonds. The monoisotopic (exact) mass is 686 g/mol. The third kappa shape index (κ3) is 5.56. The van der Waals surface area contributed by atoms with Crippen LogP contribution in [0.2, 0.25) is 0 Å². The Morgan fingerprint density at radius 2 is 1.46 bits per heavy atom. The van der Waals surface area contributed by atoms with Crippen LogP contribution in [-0.2, 0) is 31.9 Å². The smallest absolute Gasteiger partial charge is 0.127 e. The van der Waals surface area contributed by atoms with Gasteiger partial charge in [-0.2, -0.15) is 0 Å². The number of thiazole rings is 1. The molecule has 0 spiro atoms. The summed E-state index contributed by atoms with van der Waals surface area (Å²) in [6.45, 7) is 13.3. The molecule has 1 N–H and O–H groups in total. The Bertz CT molecular complexity index is 1570. The van der Waals surface area contributed by atoms with Crippen LogP contribution >= 0.6 is 11.3 Å². The maximum Gasteiger partial charge on any atom is 0.127 e. The van der Waals surface area contributed by atoms with Crippen molar-refractivity contribution in [2.24, 2.45) is 0 Å². The molecule has 192 valence electrons. The predicted octanol–water partition coefficient (Wildman–Crippen LogP) is 8.79. The van der Waals surface area contributed by atoms with Gasteiger partial charge in [0.1, 0.15) is 10.8 Å². The van der Waals surface area contributed by atoms with Crippen LogP contribution in [0.1, 0.15) is 52.7 Å². The summed E-state index contributed by atoms with van der Waals surface area (Å²) in [5.41, 5.74) is 8.10. The molecule has 5 rings (SSSR count). The van der Waals surface area contributed by atoms with Crippen LogP contribution in [-0.4, -0.2) is 15.1 Å². The zero-order valence-corrected chi connectivity index (χ0v) is 25.1. The van der Waals surface area contributed by atoms with Crippen LogP contribution in [0, 0.1) is 6.07 Å². The normalized spacial score (nSPS) is 11.9. The standard InChI is InChI=1S/C32H31N2OS.Pt/c1-31(2,3)22-14-15-33-26(18-22)21-11-9-10-20(16-21)25-17-23(32(4,5)6)19-28-29(25)34-30(36-28)24-12-7-8-13-27(24)35;/h7-15,17-19,35H,1-6H3;/q-1;. The van der Waals surface area contributed by atoms with E-state index in [0.29, 0.717) is 0 Å². The summed E-state index contributed by atoms with van der Waals surface area (Å²) in [6, 6.07) is 26.0. The van der Waals surface area contributed by atoms with E-state index in [1.807, 2.05) is 24.4 Å². The molecular formula is C32H31N2OPtS-. The summed E-state index contributed by atoms with van der Waals surface area (Å²) in [7, 11) is 0. The number of nitrogens with zero attached hydrogens (tertiary/aromatic N) is 2. The molecule has 0 saturated heterocycles. The van der Waals surface area contributed by atoms with Gasteiger partial charge in [-0.25, -0.2) is 4.98 Å². The Labute approximate surface area is 237 Å². The number of pyridine rings is 1. The minimum atomic E-state index is -0.0256. The van der Waals surface area contributed by atoms with E-state index in [0.717, 1.165) is 43.2 Å². The molecule has 0 atom stereocenters. The van der Waals surface area contributed by atoms with Gasteiger partial charge in [-0.1, -0.05) is 76.9 Å². The van der Waals surface area contributed by atoms with Crippen molar-refractivity contribution in [3.05, 3.63) is 90.1 Å². The molecular weight excluding hydrogens is 656 g/mol. The molecule has 3 aromatic carbocycles. The van der Waals surface area contributed by atoms with Crippen LogP contribution in [0.25, 0.3) is 43.2 Å². The fourth-order valence-electron chi connectivity index (χ4n) is 4.26. The van der Waals surface area contributed by atoms with Gasteiger partial charge in [0.05, 0.1) is 11.1 Å². The number of hydrogen-bond donors (Lipinski definition) is 1. The second-order valence-corrected chi connectivity index (χ2v) is 12.3. The molecule has 0 aliphatic rings. The molecule has 5 heteroatoms. The number of benzene rings is 3. The van der Waals surface area contributed by atoms with E-state index in [9.17, 15) is 5.11 Å². The summed E-state index contributed by atoms with van der Waals surface area (Å²) in [6.07, 6.45) is 1.88. The summed E-state index contributed by atoms with van der Waals surface area (Å²) in [5.74, 6) is 0.243. The van der Waals surface area contributed by atoms with Gasteiger partial charge in [0.25, 0.3) is 0 Å². The van der Waals surface area contributed by atoms with Gasteiger partial charge in [-0.3, -0.25) is 4.98 Å². The van der Waals surface area contributed by atoms with Crippen molar-refractivity contribution in [3.63, 3.8) is 0 Å². The number of aromatic hydroxyl groups is 1. The van der Waals surface area contributed by atoms with Crippen LogP contribution in [0.15, 0.2) is 72.9 Å². The Morgan fingerprint density at radius 3 is 2.16 bits per heavy atom. The minimum absolute atomic E-state index is 0. The number of para-hydroxylation sites is 1. The van der Waals surface area contributed by atoms with Crippen LogP contribution < -0.4 is 0 Å². The molecule has 0 aliphatic carbocycles. The molecule has 37 heavy (non-hydrogen) atoms. The van der Waals surface area contributed by atoms with Crippen LogP contribution in [0.3, 0.4) is 0 Å². The third-order valence-corrected chi connectivity index (χ3v) is 7.52. The molecule has 0 bridgehead atoms. The van der Waals surface area contributed by atoms with Crippen molar-refractivity contribution >= 4 is 21.6 Å². The first kappa shape index (κ1) is 27.2. The minimum Gasteiger partial charge on any atom is -0.507 e. The average Bonchev–Trinajstić information content (AvgIpc) is 3.27. The van der Waals surface area contributed by atoms with E-state index < -0.39 is 0 Å². The molecule has 2 aromatic heterocycles. The first-order valence-corrected chi connectivity index (χ1v) is 13.1. The number of fused-ring (bicyclic) bond motifs is 1. The second-order valence-electron chi connectivity index (χ2n) is 11.3. The van der Waals surface area contributed by atoms with Gasteiger partial charge in [0.15, 0.2) is 0 Å². The van der Waals surface area contributed by atoms with Crippen molar-refractivity contribution in [2.75, 3.05) is 0 Å². The van der Waals surface area contributed by atoms with Gasteiger partial charge in [0, 0.05) is 37.7 Å². The van der Waals surface area contributed by atoms with Gasteiger partial charge in [0.2, 0.25) is 0 Å². The molecule has 0 fully saturated rings.